The summed E-state index contributed by atoms with van der Waals surface area (Å²) >= 11 is 0. The van der Waals surface area contributed by atoms with Crippen molar-refractivity contribution >= 4 is 0 Å². The Kier molecular flexibility index (Phi) is 3.05. The first-order chi connectivity index (χ1) is 5.29. The second kappa shape index (κ2) is 4.09. The number of aromatic nitrogens is 1. The molecule has 0 unspecified atom stereocenters. The zero-order valence-electron chi connectivity index (χ0n) is 6.95. The van der Waals surface area contributed by atoms with Crippen molar-refractivity contribution in [2.45, 2.75) is 26.6 Å². The number of rotatable bonds is 3. The van der Waals surface area contributed by atoms with Crippen LogP contribution in [0.1, 0.15) is 19.5 Å². The minimum atomic E-state index is 0.275. The normalized spacial score (nSPS) is 10.5. The molecule has 0 atom stereocenters. The van der Waals surface area contributed by atoms with Gasteiger partial charge in [-0.25, -0.2) is 0 Å². The molecule has 0 spiro atoms. The van der Waals surface area contributed by atoms with Gasteiger partial charge in [0.15, 0.2) is 0 Å². The first-order valence-electron chi connectivity index (χ1n) is 3.80. The highest BCUT2D eigenvalue weighted by Crippen LogP contribution is 1.98. The molecule has 0 saturated carbocycles. The molecule has 0 aliphatic carbocycles. The monoisotopic (exact) mass is 151 g/mol. The third kappa shape index (κ3) is 3.14. The number of ether oxygens (including phenoxy) is 1. The van der Waals surface area contributed by atoms with E-state index in [9.17, 15) is 0 Å². The van der Waals surface area contributed by atoms with Gasteiger partial charge in [-0.3, -0.25) is 4.98 Å². The van der Waals surface area contributed by atoms with Crippen LogP contribution in [0.4, 0.5) is 0 Å². The van der Waals surface area contributed by atoms with E-state index in [0.29, 0.717) is 6.61 Å². The highest BCUT2D eigenvalue weighted by Gasteiger charge is 1.94. The summed E-state index contributed by atoms with van der Waals surface area (Å²) in [7, 11) is 0. The van der Waals surface area contributed by atoms with Crippen molar-refractivity contribution in [2.75, 3.05) is 0 Å². The summed E-state index contributed by atoms with van der Waals surface area (Å²) in [6.45, 7) is 4.64. The lowest BCUT2D eigenvalue weighted by Crippen LogP contribution is -2.02. The molecule has 0 aliphatic rings. The fraction of sp³-hybridized carbons (Fsp3) is 0.444. The van der Waals surface area contributed by atoms with Crippen molar-refractivity contribution in [3.05, 3.63) is 30.1 Å². The summed E-state index contributed by atoms with van der Waals surface area (Å²) < 4.78 is 5.37. The van der Waals surface area contributed by atoms with Gasteiger partial charge in [0.2, 0.25) is 0 Å². The van der Waals surface area contributed by atoms with E-state index >= 15 is 0 Å². The van der Waals surface area contributed by atoms with Gasteiger partial charge in [0.1, 0.15) is 0 Å². The fourth-order valence-electron chi connectivity index (χ4n) is 0.736. The molecule has 1 rings (SSSR count). The zero-order chi connectivity index (χ0) is 8.10. The molecule has 0 aromatic carbocycles. The molecular weight excluding hydrogens is 138 g/mol. The highest BCUT2D eigenvalue weighted by molar-refractivity contribution is 5.01. The van der Waals surface area contributed by atoms with Crippen molar-refractivity contribution in [1.29, 1.82) is 0 Å². The van der Waals surface area contributed by atoms with E-state index in [4.69, 9.17) is 4.74 Å². The van der Waals surface area contributed by atoms with Gasteiger partial charge in [-0.2, -0.15) is 0 Å². The van der Waals surface area contributed by atoms with Crippen LogP contribution in [0.2, 0.25) is 0 Å². The van der Waals surface area contributed by atoms with Crippen LogP contribution in [-0.4, -0.2) is 11.1 Å². The Bertz CT molecular complexity index is 196. The minimum absolute atomic E-state index is 0.275. The summed E-state index contributed by atoms with van der Waals surface area (Å²) in [5, 5.41) is 0. The van der Waals surface area contributed by atoms with Gasteiger partial charge < -0.3 is 4.74 Å². The molecule has 1 heterocycles. The molecule has 1 aromatic rings. The molecule has 0 N–H and O–H groups in total. The SMILES string of the molecule is CC(C)OCc1ccccn1. The van der Waals surface area contributed by atoms with E-state index in [-0.39, 0.29) is 6.10 Å². The zero-order valence-corrected chi connectivity index (χ0v) is 6.95. The Morgan fingerprint density at radius 3 is 2.82 bits per heavy atom. The van der Waals surface area contributed by atoms with Gasteiger partial charge in [-0.05, 0) is 26.0 Å². The maximum atomic E-state index is 5.37. The predicted octanol–water partition coefficient (Wildman–Crippen LogP) is 2.01. The number of pyridine rings is 1. The van der Waals surface area contributed by atoms with E-state index in [2.05, 4.69) is 4.98 Å². The van der Waals surface area contributed by atoms with Crippen LogP contribution in [0.5, 0.6) is 0 Å². The van der Waals surface area contributed by atoms with E-state index in [1.807, 2.05) is 32.0 Å². The largest absolute Gasteiger partial charge is 0.373 e. The molecule has 2 heteroatoms. The van der Waals surface area contributed by atoms with Crippen molar-refractivity contribution in [3.63, 3.8) is 0 Å². The molecule has 0 amide bonds. The van der Waals surface area contributed by atoms with Crippen molar-refractivity contribution < 1.29 is 4.74 Å². The van der Waals surface area contributed by atoms with Crippen molar-refractivity contribution in [1.82, 2.24) is 4.98 Å². The molecule has 1 aromatic heterocycles. The number of nitrogens with zero attached hydrogens (tertiary/aromatic N) is 1. The van der Waals surface area contributed by atoms with E-state index in [1.54, 1.807) is 6.20 Å². The Labute approximate surface area is 67.2 Å². The van der Waals surface area contributed by atoms with E-state index in [1.165, 1.54) is 0 Å². The maximum Gasteiger partial charge on any atom is 0.0891 e. The average molecular weight is 151 g/mol. The standard InChI is InChI=1S/C9H13NO/c1-8(2)11-7-9-5-3-4-6-10-9/h3-6,8H,7H2,1-2H3. The second-order valence-electron chi connectivity index (χ2n) is 2.68. The van der Waals surface area contributed by atoms with Crippen LogP contribution >= 0.6 is 0 Å². The first kappa shape index (κ1) is 8.21. The van der Waals surface area contributed by atoms with Gasteiger partial charge in [-0.15, -0.1) is 0 Å². The average Bonchev–Trinajstić information content (AvgIpc) is 2.03. The lowest BCUT2D eigenvalue weighted by atomic mass is 10.4. The van der Waals surface area contributed by atoms with Gasteiger partial charge in [0.25, 0.3) is 0 Å². The van der Waals surface area contributed by atoms with Crippen LogP contribution in [-0.2, 0) is 11.3 Å². The van der Waals surface area contributed by atoms with Crippen LogP contribution in [0.15, 0.2) is 24.4 Å². The lowest BCUT2D eigenvalue weighted by molar-refractivity contribution is 0.0636. The molecule has 0 aliphatic heterocycles. The van der Waals surface area contributed by atoms with Gasteiger partial charge in [0.05, 0.1) is 18.4 Å². The smallest absolute Gasteiger partial charge is 0.0891 e. The highest BCUT2D eigenvalue weighted by atomic mass is 16.5. The van der Waals surface area contributed by atoms with E-state index in [0.717, 1.165) is 5.69 Å². The third-order valence-corrected chi connectivity index (χ3v) is 1.29. The molecule has 2 nitrogen and oxygen atoms in total. The fourth-order valence-corrected chi connectivity index (χ4v) is 0.736. The predicted molar refractivity (Wildman–Crippen MR) is 44.2 cm³/mol. The summed E-state index contributed by atoms with van der Waals surface area (Å²) in [5.41, 5.74) is 0.987. The Morgan fingerprint density at radius 1 is 1.45 bits per heavy atom. The van der Waals surface area contributed by atoms with Gasteiger partial charge >= 0.3 is 0 Å². The minimum Gasteiger partial charge on any atom is -0.373 e. The second-order valence-corrected chi connectivity index (χ2v) is 2.68. The maximum absolute atomic E-state index is 5.37. The van der Waals surface area contributed by atoms with Crippen molar-refractivity contribution in [2.24, 2.45) is 0 Å². The third-order valence-electron chi connectivity index (χ3n) is 1.29. The molecule has 11 heavy (non-hydrogen) atoms. The number of hydrogen-bond acceptors (Lipinski definition) is 2. The van der Waals surface area contributed by atoms with Gasteiger partial charge in [0, 0.05) is 6.20 Å². The Morgan fingerprint density at radius 2 is 2.27 bits per heavy atom. The molecule has 0 saturated heterocycles. The van der Waals surface area contributed by atoms with Crippen molar-refractivity contribution in [3.8, 4) is 0 Å². The van der Waals surface area contributed by atoms with E-state index < -0.39 is 0 Å². The van der Waals surface area contributed by atoms with Crippen LogP contribution in [0.25, 0.3) is 0 Å². The molecule has 0 bridgehead atoms. The van der Waals surface area contributed by atoms with Crippen LogP contribution in [0, 0.1) is 0 Å². The van der Waals surface area contributed by atoms with Gasteiger partial charge in [-0.1, -0.05) is 6.07 Å². The Balaban J connectivity index is 2.39. The molecule has 0 radical (unpaired) electrons. The molecule has 60 valence electrons. The first-order valence-corrected chi connectivity index (χ1v) is 3.80. The summed E-state index contributed by atoms with van der Waals surface area (Å²) in [6.07, 6.45) is 2.05. The van der Waals surface area contributed by atoms with Crippen LogP contribution in [0.3, 0.4) is 0 Å². The Hall–Kier alpha value is -0.890. The molecule has 0 fully saturated rings. The summed E-state index contributed by atoms with van der Waals surface area (Å²) in [4.78, 5) is 4.13. The number of hydrogen-bond donors (Lipinski definition) is 0. The molecular formula is C9H13NO. The topological polar surface area (TPSA) is 22.1 Å². The van der Waals surface area contributed by atoms with Crippen LogP contribution < -0.4 is 0 Å². The summed E-state index contributed by atoms with van der Waals surface area (Å²) in [6, 6.07) is 5.83. The quantitative estimate of drug-likeness (QED) is 0.659. The summed E-state index contributed by atoms with van der Waals surface area (Å²) in [5.74, 6) is 0. The lowest BCUT2D eigenvalue weighted by Gasteiger charge is -2.05.